The van der Waals surface area contributed by atoms with Crippen molar-refractivity contribution in [2.75, 3.05) is 0 Å². The van der Waals surface area contributed by atoms with Gasteiger partial charge < -0.3 is 8.99 Å². The highest BCUT2D eigenvalue weighted by Crippen LogP contribution is 2.28. The van der Waals surface area contributed by atoms with Gasteiger partial charge in [0.2, 0.25) is 8.32 Å². The number of aryl methyl sites for hydroxylation is 2. The summed E-state index contributed by atoms with van der Waals surface area (Å²) in [5.41, 5.74) is 1.91. The summed E-state index contributed by atoms with van der Waals surface area (Å²) in [5.74, 6) is 1.87. The van der Waals surface area contributed by atoms with Gasteiger partial charge >= 0.3 is 0 Å². The van der Waals surface area contributed by atoms with Gasteiger partial charge in [0.05, 0.1) is 12.2 Å². The van der Waals surface area contributed by atoms with Crippen molar-refractivity contribution in [3.05, 3.63) is 42.0 Å². The van der Waals surface area contributed by atoms with Crippen molar-refractivity contribution in [2.24, 2.45) is 4.99 Å². The lowest BCUT2D eigenvalue weighted by molar-refractivity contribution is 0.559. The molecule has 1 aromatic carbocycles. The minimum absolute atomic E-state index is 0.716. The predicted molar refractivity (Wildman–Crippen MR) is 90.3 cm³/mol. The Morgan fingerprint density at radius 1 is 1.24 bits per heavy atom. The van der Waals surface area contributed by atoms with Gasteiger partial charge in [-0.05, 0) is 45.6 Å². The van der Waals surface area contributed by atoms with E-state index in [1.807, 2.05) is 50.5 Å². The number of benzene rings is 1. The number of para-hydroxylation sites is 2. The first-order chi connectivity index (χ1) is 9.85. The van der Waals surface area contributed by atoms with Crippen LogP contribution >= 0.6 is 0 Å². The maximum atomic E-state index is 6.07. The summed E-state index contributed by atoms with van der Waals surface area (Å²) in [7, 11) is -1.63. The van der Waals surface area contributed by atoms with Crippen molar-refractivity contribution in [2.45, 2.75) is 40.0 Å². The van der Waals surface area contributed by atoms with Crippen LogP contribution in [0.1, 0.15) is 11.5 Å². The van der Waals surface area contributed by atoms with E-state index in [4.69, 9.17) is 4.43 Å². The van der Waals surface area contributed by atoms with Gasteiger partial charge in [-0.3, -0.25) is 4.99 Å². The number of hydrogen-bond acceptors (Lipinski definition) is 3. The third kappa shape index (κ3) is 4.56. The number of nitrogens with zero attached hydrogens (tertiary/aromatic N) is 3. The lowest BCUT2D eigenvalue weighted by atomic mass is 10.3. The van der Waals surface area contributed by atoms with E-state index in [1.54, 1.807) is 0 Å². The monoisotopic (exact) mass is 301 g/mol. The van der Waals surface area contributed by atoms with Crippen molar-refractivity contribution in [3.63, 3.8) is 0 Å². The summed E-state index contributed by atoms with van der Waals surface area (Å²) in [6, 6.07) is 7.93. The second kappa shape index (κ2) is 6.26. The highest BCUT2D eigenvalue weighted by Gasteiger charge is 2.17. The minimum atomic E-state index is -1.63. The van der Waals surface area contributed by atoms with Crippen LogP contribution in [0, 0.1) is 13.8 Å². The van der Waals surface area contributed by atoms with Crippen molar-refractivity contribution >= 4 is 20.2 Å². The lowest BCUT2D eigenvalue weighted by Gasteiger charge is -2.20. The molecule has 0 aliphatic carbocycles. The second-order valence-corrected chi connectivity index (χ2v) is 10.5. The van der Waals surface area contributed by atoms with E-state index in [9.17, 15) is 0 Å². The lowest BCUT2D eigenvalue weighted by Crippen LogP contribution is -2.29. The molecular weight excluding hydrogens is 278 g/mol. The number of rotatable bonds is 5. The second-order valence-electron chi connectivity index (χ2n) is 6.08. The number of aromatic nitrogens is 2. The van der Waals surface area contributed by atoms with Gasteiger partial charge in [0.25, 0.3) is 0 Å². The van der Waals surface area contributed by atoms with Gasteiger partial charge in [-0.2, -0.15) is 0 Å². The number of hydrogen-bond donors (Lipinski definition) is 0. The zero-order valence-electron chi connectivity index (χ0n) is 13.4. The van der Waals surface area contributed by atoms with Crippen LogP contribution < -0.4 is 4.43 Å². The van der Waals surface area contributed by atoms with Gasteiger partial charge in [-0.1, -0.05) is 12.1 Å². The van der Waals surface area contributed by atoms with Crippen LogP contribution in [-0.2, 0) is 6.54 Å². The molecule has 1 heterocycles. The highest BCUT2D eigenvalue weighted by atomic mass is 28.4. The fourth-order valence-electron chi connectivity index (χ4n) is 2.06. The Balaban J connectivity index is 2.12. The maximum absolute atomic E-state index is 6.07. The van der Waals surface area contributed by atoms with Gasteiger partial charge in [0, 0.05) is 12.4 Å². The molecule has 2 aromatic rings. The molecule has 21 heavy (non-hydrogen) atoms. The predicted octanol–water partition coefficient (Wildman–Crippen LogP) is 4.12. The van der Waals surface area contributed by atoms with Crippen molar-refractivity contribution in [1.29, 1.82) is 0 Å². The summed E-state index contributed by atoms with van der Waals surface area (Å²) in [5, 5.41) is 0. The van der Waals surface area contributed by atoms with E-state index >= 15 is 0 Å². The Morgan fingerprint density at radius 3 is 2.57 bits per heavy atom. The SMILES string of the molecule is Cc1cn(CC=Nc2ccccc2O[Si](C)(C)C)c(C)n1. The van der Waals surface area contributed by atoms with Gasteiger partial charge in [0.1, 0.15) is 17.3 Å². The summed E-state index contributed by atoms with van der Waals surface area (Å²) in [6.45, 7) is 11.2. The van der Waals surface area contributed by atoms with Crippen LogP contribution in [0.25, 0.3) is 0 Å². The van der Waals surface area contributed by atoms with Gasteiger partial charge in [0.15, 0.2) is 0 Å². The molecule has 0 spiro atoms. The molecular formula is C16H23N3OSi. The van der Waals surface area contributed by atoms with Crippen LogP contribution in [0.2, 0.25) is 19.6 Å². The molecule has 0 amide bonds. The smallest absolute Gasteiger partial charge is 0.242 e. The van der Waals surface area contributed by atoms with Crippen LogP contribution in [0.15, 0.2) is 35.5 Å². The highest BCUT2D eigenvalue weighted by molar-refractivity contribution is 6.70. The van der Waals surface area contributed by atoms with Crippen LogP contribution in [-0.4, -0.2) is 24.1 Å². The van der Waals surface area contributed by atoms with E-state index in [2.05, 4.69) is 34.2 Å². The average Bonchev–Trinajstić information content (AvgIpc) is 2.68. The Hall–Kier alpha value is -1.88. The molecule has 0 aliphatic rings. The zero-order valence-corrected chi connectivity index (χ0v) is 14.4. The molecule has 0 atom stereocenters. The summed E-state index contributed by atoms with van der Waals surface area (Å²) >= 11 is 0. The first kappa shape index (κ1) is 15.5. The quantitative estimate of drug-likeness (QED) is 0.615. The van der Waals surface area contributed by atoms with E-state index in [-0.39, 0.29) is 0 Å². The molecule has 0 saturated carbocycles. The Bertz CT molecular complexity index is 641. The summed E-state index contributed by atoms with van der Waals surface area (Å²) < 4.78 is 8.15. The van der Waals surface area contributed by atoms with Crippen molar-refractivity contribution < 1.29 is 4.43 Å². The largest absolute Gasteiger partial charge is 0.543 e. The van der Waals surface area contributed by atoms with Gasteiger partial charge in [-0.25, -0.2) is 4.98 Å². The van der Waals surface area contributed by atoms with Crippen LogP contribution in [0.3, 0.4) is 0 Å². The van der Waals surface area contributed by atoms with E-state index in [1.165, 1.54) is 0 Å². The topological polar surface area (TPSA) is 39.4 Å². The molecule has 0 unspecified atom stereocenters. The molecule has 0 radical (unpaired) electrons. The molecule has 5 heteroatoms. The van der Waals surface area contributed by atoms with E-state index in [0.29, 0.717) is 6.54 Å². The first-order valence-corrected chi connectivity index (χ1v) is 10.6. The summed E-state index contributed by atoms with van der Waals surface area (Å²) in [6.07, 6.45) is 3.94. The maximum Gasteiger partial charge on any atom is 0.242 e. The number of aliphatic imine (C=N–C) groups is 1. The standard InChI is InChI=1S/C16H23N3OSi/c1-13-12-19(14(2)18-13)11-10-17-15-8-6-7-9-16(15)20-21(3,4)5/h6-10,12H,11H2,1-5H3. The molecule has 1 aromatic heterocycles. The van der Waals surface area contributed by atoms with E-state index in [0.717, 1.165) is 23.0 Å². The average molecular weight is 301 g/mol. The molecule has 0 aliphatic heterocycles. The van der Waals surface area contributed by atoms with Crippen LogP contribution in [0.5, 0.6) is 5.75 Å². The fraction of sp³-hybridized carbons (Fsp3) is 0.375. The molecule has 112 valence electrons. The molecule has 0 saturated heterocycles. The molecule has 0 bridgehead atoms. The number of imidazole rings is 1. The van der Waals surface area contributed by atoms with Crippen LogP contribution in [0.4, 0.5) is 5.69 Å². The van der Waals surface area contributed by atoms with Crippen molar-refractivity contribution in [1.82, 2.24) is 9.55 Å². The zero-order chi connectivity index (χ0) is 15.5. The minimum Gasteiger partial charge on any atom is -0.543 e. The third-order valence-corrected chi connectivity index (χ3v) is 3.72. The third-order valence-electron chi connectivity index (χ3n) is 2.89. The van der Waals surface area contributed by atoms with E-state index < -0.39 is 8.32 Å². The normalized spacial score (nSPS) is 12.0. The molecule has 2 rings (SSSR count). The fourth-order valence-corrected chi connectivity index (χ4v) is 2.89. The Kier molecular flexibility index (Phi) is 4.62. The Labute approximate surface area is 127 Å². The van der Waals surface area contributed by atoms with Gasteiger partial charge in [-0.15, -0.1) is 0 Å². The Morgan fingerprint density at radius 2 is 1.95 bits per heavy atom. The van der Waals surface area contributed by atoms with Crippen molar-refractivity contribution in [3.8, 4) is 5.75 Å². The molecule has 0 N–H and O–H groups in total. The molecule has 4 nitrogen and oxygen atoms in total. The summed E-state index contributed by atoms with van der Waals surface area (Å²) in [4.78, 5) is 8.94. The first-order valence-electron chi connectivity index (χ1n) is 7.16. The molecule has 0 fully saturated rings.